The van der Waals surface area contributed by atoms with Crippen molar-refractivity contribution in [2.75, 3.05) is 22.1 Å². The molecule has 0 saturated carbocycles. The molecule has 1 aromatic heterocycles. The molecule has 4 aromatic carbocycles. The maximum absolute atomic E-state index is 12.7. The summed E-state index contributed by atoms with van der Waals surface area (Å²) in [6, 6.07) is 29.8. The Morgan fingerprint density at radius 1 is 0.879 bits per heavy atom. The number of hydrogen-bond acceptors (Lipinski definition) is 4. The second-order valence-corrected chi connectivity index (χ2v) is 7.97. The van der Waals surface area contributed by atoms with Gasteiger partial charge in [0.1, 0.15) is 5.58 Å². The number of furan rings is 1. The van der Waals surface area contributed by atoms with E-state index >= 15 is 0 Å². The second kappa shape index (κ2) is 7.88. The van der Waals surface area contributed by atoms with Gasteiger partial charge in [-0.25, -0.2) is 0 Å². The lowest BCUT2D eigenvalue weighted by Crippen LogP contribution is -2.12. The van der Waals surface area contributed by atoms with Crippen LogP contribution in [0.5, 0.6) is 0 Å². The van der Waals surface area contributed by atoms with Crippen molar-refractivity contribution in [1.29, 1.82) is 0 Å². The maximum atomic E-state index is 12.7. The quantitative estimate of drug-likeness (QED) is 0.326. The number of hydrogen-bond donors (Lipinski definition) is 2. The van der Waals surface area contributed by atoms with Crippen molar-refractivity contribution < 1.29 is 9.21 Å². The number of rotatable bonds is 3. The van der Waals surface area contributed by atoms with Crippen LogP contribution in [0.2, 0.25) is 0 Å². The minimum Gasteiger partial charge on any atom is -0.451 e. The molecular weight excluding hydrogens is 410 g/mol. The summed E-state index contributed by atoms with van der Waals surface area (Å²) in [5, 5.41) is 9.77. The predicted octanol–water partition coefficient (Wildman–Crippen LogP) is 6.92. The Morgan fingerprint density at radius 2 is 1.67 bits per heavy atom. The van der Waals surface area contributed by atoms with E-state index in [4.69, 9.17) is 4.42 Å². The molecule has 1 aliphatic rings. The fourth-order valence-electron chi connectivity index (χ4n) is 4.26. The molecule has 33 heavy (non-hydrogen) atoms. The molecule has 5 nitrogen and oxygen atoms in total. The smallest absolute Gasteiger partial charge is 0.291 e. The summed E-state index contributed by atoms with van der Waals surface area (Å²) < 4.78 is 5.67. The fourth-order valence-corrected chi connectivity index (χ4v) is 4.26. The third kappa shape index (κ3) is 3.49. The molecule has 0 atom stereocenters. The molecule has 2 heterocycles. The number of fused-ring (bicyclic) bond motifs is 4. The van der Waals surface area contributed by atoms with Gasteiger partial charge in [-0.3, -0.25) is 4.79 Å². The molecule has 2 N–H and O–H groups in total. The lowest BCUT2D eigenvalue weighted by Gasteiger charge is -2.23. The Kier molecular flexibility index (Phi) is 4.58. The highest BCUT2D eigenvalue weighted by Gasteiger charge is 2.17. The number of para-hydroxylation sites is 1. The lowest BCUT2D eigenvalue weighted by atomic mass is 10.1. The number of anilines is 4. The van der Waals surface area contributed by atoms with Crippen LogP contribution in [0, 0.1) is 0 Å². The van der Waals surface area contributed by atoms with Crippen LogP contribution in [0.4, 0.5) is 22.7 Å². The van der Waals surface area contributed by atoms with Crippen molar-refractivity contribution in [3.63, 3.8) is 0 Å². The van der Waals surface area contributed by atoms with E-state index in [1.807, 2.05) is 48.5 Å². The van der Waals surface area contributed by atoms with Crippen LogP contribution >= 0.6 is 0 Å². The molecule has 1 aliphatic heterocycles. The highest BCUT2D eigenvalue weighted by atomic mass is 16.3. The molecular formula is C28H21N3O2. The van der Waals surface area contributed by atoms with Gasteiger partial charge in [0.15, 0.2) is 5.76 Å². The number of carbonyl (C=O) groups excluding carboxylic acids is 1. The summed E-state index contributed by atoms with van der Waals surface area (Å²) in [7, 11) is 0. The van der Waals surface area contributed by atoms with Gasteiger partial charge in [0.05, 0.1) is 11.4 Å². The number of nitrogens with zero attached hydrogens (tertiary/aromatic N) is 1. The minimum atomic E-state index is -0.269. The van der Waals surface area contributed by atoms with Crippen LogP contribution in [-0.2, 0) is 0 Å². The van der Waals surface area contributed by atoms with Gasteiger partial charge < -0.3 is 20.0 Å². The molecule has 1 amide bonds. The molecule has 0 spiro atoms. The van der Waals surface area contributed by atoms with Crippen LogP contribution in [0.25, 0.3) is 21.7 Å². The van der Waals surface area contributed by atoms with Crippen LogP contribution in [0.1, 0.15) is 10.6 Å². The van der Waals surface area contributed by atoms with E-state index in [2.05, 4.69) is 64.2 Å². The first-order valence-corrected chi connectivity index (χ1v) is 10.9. The highest BCUT2D eigenvalue weighted by Crippen LogP contribution is 2.39. The number of benzene rings is 4. The van der Waals surface area contributed by atoms with Crippen LogP contribution in [0.3, 0.4) is 0 Å². The van der Waals surface area contributed by atoms with Gasteiger partial charge in [0.2, 0.25) is 0 Å². The van der Waals surface area contributed by atoms with Gasteiger partial charge >= 0.3 is 0 Å². The Balaban J connectivity index is 1.28. The molecule has 0 unspecified atom stereocenters. The average molecular weight is 431 g/mol. The zero-order valence-electron chi connectivity index (χ0n) is 17.8. The standard InChI is InChI=1S/C28H21N3O2/c32-28(26-18-20-7-2-4-9-25(20)33-26)30-21-11-13-22(14-12-21)31-17-5-16-29-27-23-8-3-1-6-19(23)10-15-24(27)31/h1-15,17-18,29H,16H2,(H,30,32). The van der Waals surface area contributed by atoms with E-state index in [-0.39, 0.29) is 5.91 Å². The van der Waals surface area contributed by atoms with E-state index in [0.717, 1.165) is 29.0 Å². The van der Waals surface area contributed by atoms with Crippen LogP contribution in [-0.4, -0.2) is 12.5 Å². The van der Waals surface area contributed by atoms with Crippen molar-refractivity contribution in [1.82, 2.24) is 0 Å². The first kappa shape index (κ1) is 19.2. The zero-order valence-corrected chi connectivity index (χ0v) is 17.8. The largest absolute Gasteiger partial charge is 0.451 e. The molecule has 0 saturated heterocycles. The number of carbonyl (C=O) groups is 1. The van der Waals surface area contributed by atoms with Crippen molar-refractivity contribution in [3.05, 3.63) is 109 Å². The maximum Gasteiger partial charge on any atom is 0.291 e. The van der Waals surface area contributed by atoms with E-state index in [1.165, 1.54) is 10.8 Å². The Bertz CT molecular complexity index is 1480. The van der Waals surface area contributed by atoms with Crippen molar-refractivity contribution in [3.8, 4) is 0 Å². The first-order chi connectivity index (χ1) is 16.3. The first-order valence-electron chi connectivity index (χ1n) is 10.9. The van der Waals surface area contributed by atoms with Gasteiger partial charge in [0, 0.05) is 34.9 Å². The molecule has 0 bridgehead atoms. The van der Waals surface area contributed by atoms with Crippen LogP contribution in [0.15, 0.2) is 108 Å². The van der Waals surface area contributed by atoms with Gasteiger partial charge in [-0.05, 0) is 53.9 Å². The van der Waals surface area contributed by atoms with E-state index in [0.29, 0.717) is 17.0 Å². The van der Waals surface area contributed by atoms with E-state index in [9.17, 15) is 4.79 Å². The summed E-state index contributed by atoms with van der Waals surface area (Å²) >= 11 is 0. The lowest BCUT2D eigenvalue weighted by molar-refractivity contribution is 0.0998. The summed E-state index contributed by atoms with van der Waals surface area (Å²) in [5.41, 5.74) is 4.61. The van der Waals surface area contributed by atoms with Crippen LogP contribution < -0.4 is 15.5 Å². The molecule has 5 aromatic rings. The summed E-state index contributed by atoms with van der Waals surface area (Å²) in [6.45, 7) is 0.753. The molecule has 160 valence electrons. The molecule has 6 rings (SSSR count). The molecule has 5 heteroatoms. The summed E-state index contributed by atoms with van der Waals surface area (Å²) in [4.78, 5) is 14.8. The van der Waals surface area contributed by atoms with Crippen molar-refractivity contribution in [2.24, 2.45) is 0 Å². The van der Waals surface area contributed by atoms with Gasteiger partial charge in [-0.15, -0.1) is 0 Å². The SMILES string of the molecule is O=C(Nc1ccc(N2C=CCNc3c2ccc2ccccc32)cc1)c1cc2ccccc2o1. The summed E-state index contributed by atoms with van der Waals surface area (Å²) in [5.74, 6) is 0.0252. The summed E-state index contributed by atoms with van der Waals surface area (Å²) in [6.07, 6.45) is 4.18. The topological polar surface area (TPSA) is 57.5 Å². The fraction of sp³-hybridized carbons (Fsp3) is 0.0357. The monoisotopic (exact) mass is 431 g/mol. The number of nitrogens with one attached hydrogen (secondary N) is 2. The average Bonchev–Trinajstić information content (AvgIpc) is 3.18. The third-order valence-corrected chi connectivity index (χ3v) is 5.87. The van der Waals surface area contributed by atoms with Gasteiger partial charge in [-0.2, -0.15) is 0 Å². The Labute approximate surface area is 190 Å². The number of amides is 1. The zero-order chi connectivity index (χ0) is 22.2. The highest BCUT2D eigenvalue weighted by molar-refractivity contribution is 6.05. The minimum absolute atomic E-state index is 0.269. The Hall–Kier alpha value is -4.51. The third-order valence-electron chi connectivity index (χ3n) is 5.87. The second-order valence-electron chi connectivity index (χ2n) is 7.97. The molecule has 0 aliphatic carbocycles. The normalized spacial score (nSPS) is 12.9. The van der Waals surface area contributed by atoms with Crippen molar-refractivity contribution >= 4 is 50.4 Å². The predicted molar refractivity (Wildman–Crippen MR) is 134 cm³/mol. The van der Waals surface area contributed by atoms with Gasteiger partial charge in [0.25, 0.3) is 5.91 Å². The van der Waals surface area contributed by atoms with Crippen molar-refractivity contribution in [2.45, 2.75) is 0 Å². The van der Waals surface area contributed by atoms with E-state index < -0.39 is 0 Å². The Morgan fingerprint density at radius 3 is 2.52 bits per heavy atom. The molecule has 0 radical (unpaired) electrons. The van der Waals surface area contributed by atoms with Gasteiger partial charge in [-0.1, -0.05) is 48.5 Å². The molecule has 0 fully saturated rings. The van der Waals surface area contributed by atoms with E-state index in [1.54, 1.807) is 6.07 Å².